The van der Waals surface area contributed by atoms with Crippen molar-refractivity contribution in [2.45, 2.75) is 40.8 Å². The van der Waals surface area contributed by atoms with Crippen LogP contribution in [0.25, 0.3) is 0 Å². The van der Waals surface area contributed by atoms with Crippen LogP contribution in [0.3, 0.4) is 0 Å². The number of hydrogen-bond donors (Lipinski definition) is 0. The van der Waals surface area contributed by atoms with Crippen molar-refractivity contribution in [2.24, 2.45) is 0 Å². The average Bonchev–Trinajstić information content (AvgIpc) is 3.33. The zero-order chi connectivity index (χ0) is 22.9. The van der Waals surface area contributed by atoms with E-state index in [0.717, 1.165) is 14.9 Å². The Bertz CT molecular complexity index is 1300. The van der Waals surface area contributed by atoms with Crippen molar-refractivity contribution in [3.8, 4) is 0 Å². The van der Waals surface area contributed by atoms with Gasteiger partial charge in [-0.3, -0.25) is 0 Å². The summed E-state index contributed by atoms with van der Waals surface area (Å²) in [7, 11) is -7.17. The van der Waals surface area contributed by atoms with E-state index >= 15 is 0 Å². The van der Waals surface area contributed by atoms with Gasteiger partial charge in [-0.2, -0.15) is 4.31 Å². The van der Waals surface area contributed by atoms with E-state index in [4.69, 9.17) is 4.42 Å². The van der Waals surface area contributed by atoms with Crippen molar-refractivity contribution >= 4 is 47.6 Å². The van der Waals surface area contributed by atoms with Crippen molar-refractivity contribution in [3.05, 3.63) is 76.5 Å². The van der Waals surface area contributed by atoms with Gasteiger partial charge in [0.05, 0.1) is 22.9 Å². The summed E-state index contributed by atoms with van der Waals surface area (Å²) in [4.78, 5) is 1.13. The number of furan rings is 1. The summed E-state index contributed by atoms with van der Waals surface area (Å²) < 4.78 is 59.2. The van der Waals surface area contributed by atoms with Gasteiger partial charge in [0.15, 0.2) is 14.9 Å². The number of sulfone groups is 1. The van der Waals surface area contributed by atoms with Gasteiger partial charge >= 0.3 is 0 Å². The molecule has 1 atom stereocenters. The summed E-state index contributed by atoms with van der Waals surface area (Å²) in [5.41, 5.74) is 0.944. The molecule has 0 saturated carbocycles. The minimum absolute atomic E-state index is 0.0135. The highest BCUT2D eigenvalue weighted by molar-refractivity contribution is 9.10. The minimum Gasteiger partial charge on any atom is -0.453 e. The van der Waals surface area contributed by atoms with Crippen molar-refractivity contribution in [3.63, 3.8) is 0 Å². The number of benzene rings is 2. The molecule has 0 radical (unpaired) electrons. The van der Waals surface area contributed by atoms with E-state index < -0.39 is 25.9 Å². The van der Waals surface area contributed by atoms with Gasteiger partial charge < -0.3 is 4.42 Å². The molecule has 170 valence electrons. The second-order valence-corrected chi connectivity index (χ2v) is 13.8. The highest BCUT2D eigenvalue weighted by Crippen LogP contribution is 2.32. The molecule has 1 saturated heterocycles. The third-order valence-electron chi connectivity index (χ3n) is 5.22. The zero-order valence-electron chi connectivity index (χ0n) is 17.3. The Morgan fingerprint density at radius 1 is 1.06 bits per heavy atom. The number of sulfonamides is 1. The normalized spacial score (nSPS) is 18.3. The number of hydrogen-bond acceptors (Lipinski definition) is 6. The van der Waals surface area contributed by atoms with Crippen molar-refractivity contribution < 1.29 is 21.3 Å². The van der Waals surface area contributed by atoms with Gasteiger partial charge in [0, 0.05) is 15.4 Å². The molecule has 10 heteroatoms. The number of halogens is 1. The van der Waals surface area contributed by atoms with Crippen LogP contribution in [0, 0.1) is 6.92 Å². The van der Waals surface area contributed by atoms with Gasteiger partial charge in [-0.05, 0) is 61.9 Å². The van der Waals surface area contributed by atoms with Gasteiger partial charge in [-0.25, -0.2) is 16.8 Å². The van der Waals surface area contributed by atoms with Crippen LogP contribution in [0.1, 0.15) is 17.7 Å². The third kappa shape index (κ3) is 5.48. The fourth-order valence-electron chi connectivity index (χ4n) is 3.53. The van der Waals surface area contributed by atoms with Crippen LogP contribution >= 0.6 is 27.7 Å². The van der Waals surface area contributed by atoms with E-state index in [-0.39, 0.29) is 29.4 Å². The Kier molecular flexibility index (Phi) is 6.88. The average molecular weight is 557 g/mol. The van der Waals surface area contributed by atoms with Crippen LogP contribution in [0.4, 0.5) is 0 Å². The highest BCUT2D eigenvalue weighted by atomic mass is 79.9. The van der Waals surface area contributed by atoms with E-state index in [1.807, 2.05) is 31.2 Å². The first-order valence-corrected chi connectivity index (χ1v) is 14.8. The molecule has 1 aromatic heterocycles. The van der Waals surface area contributed by atoms with Crippen LogP contribution in [0.5, 0.6) is 0 Å². The second-order valence-electron chi connectivity index (χ2n) is 7.70. The standard InChI is InChI=1S/C22H22BrNO5S3/c1-16-2-9-21(10-3-16)32(27,28)24(18-12-13-31(25,26)15-18)14-19-6-11-22(29-19)30-20-7-4-17(23)5-8-20/h2-11,18H,12-15H2,1H3/t18-/m0/s1. The van der Waals surface area contributed by atoms with Crippen molar-refractivity contribution in [2.75, 3.05) is 11.5 Å². The monoisotopic (exact) mass is 555 g/mol. The predicted octanol–water partition coefficient (Wildman–Crippen LogP) is 4.88. The largest absolute Gasteiger partial charge is 0.453 e. The van der Waals surface area contributed by atoms with E-state index in [2.05, 4.69) is 15.9 Å². The van der Waals surface area contributed by atoms with Gasteiger partial charge in [0.2, 0.25) is 10.0 Å². The lowest BCUT2D eigenvalue weighted by atomic mass is 10.2. The molecular weight excluding hydrogens is 534 g/mol. The van der Waals surface area contributed by atoms with E-state index in [1.165, 1.54) is 16.1 Å². The van der Waals surface area contributed by atoms with Gasteiger partial charge in [0.1, 0.15) is 5.76 Å². The van der Waals surface area contributed by atoms with Gasteiger partial charge in [-0.1, -0.05) is 45.4 Å². The maximum Gasteiger partial charge on any atom is 0.243 e. The van der Waals surface area contributed by atoms with Crippen LogP contribution in [0.2, 0.25) is 0 Å². The molecule has 6 nitrogen and oxygen atoms in total. The Morgan fingerprint density at radius 3 is 2.38 bits per heavy atom. The maximum absolute atomic E-state index is 13.5. The topological polar surface area (TPSA) is 84.7 Å². The summed E-state index contributed by atoms with van der Waals surface area (Å²) >= 11 is 4.84. The van der Waals surface area contributed by atoms with E-state index in [9.17, 15) is 16.8 Å². The van der Waals surface area contributed by atoms with Gasteiger partial charge in [0.25, 0.3) is 0 Å². The lowest BCUT2D eigenvalue weighted by molar-refractivity contribution is 0.296. The molecule has 0 N–H and O–H groups in total. The predicted molar refractivity (Wildman–Crippen MR) is 128 cm³/mol. The Balaban J connectivity index is 1.60. The summed E-state index contributed by atoms with van der Waals surface area (Å²) in [6, 6.07) is 17.3. The molecular formula is C22H22BrNO5S3. The Morgan fingerprint density at radius 2 is 1.75 bits per heavy atom. The zero-order valence-corrected chi connectivity index (χ0v) is 21.3. The maximum atomic E-state index is 13.5. The molecule has 1 fully saturated rings. The molecule has 0 bridgehead atoms. The summed E-state index contributed by atoms with van der Waals surface area (Å²) in [5, 5.41) is 0.633. The molecule has 2 heterocycles. The fourth-order valence-corrected chi connectivity index (χ4v) is 8.03. The molecule has 0 spiro atoms. The Hall–Kier alpha value is -1.59. The third-order valence-corrected chi connectivity index (χ3v) is 10.3. The Labute approximate surface area is 201 Å². The molecule has 0 unspecified atom stereocenters. The molecule has 0 aliphatic carbocycles. The van der Waals surface area contributed by atoms with Crippen molar-refractivity contribution in [1.29, 1.82) is 0 Å². The molecule has 4 rings (SSSR count). The first-order valence-electron chi connectivity index (χ1n) is 9.93. The molecule has 1 aliphatic rings. The minimum atomic E-state index is -3.91. The SMILES string of the molecule is Cc1ccc(S(=O)(=O)N(Cc2ccc(Sc3ccc(Br)cc3)o2)[C@H]2CCS(=O)(=O)C2)cc1. The van der Waals surface area contributed by atoms with Crippen LogP contribution in [0.15, 0.2) is 84.4 Å². The summed E-state index contributed by atoms with van der Waals surface area (Å²) in [6.07, 6.45) is 0.272. The van der Waals surface area contributed by atoms with E-state index in [1.54, 1.807) is 36.4 Å². The molecule has 32 heavy (non-hydrogen) atoms. The first-order chi connectivity index (χ1) is 15.1. The van der Waals surface area contributed by atoms with Crippen molar-refractivity contribution in [1.82, 2.24) is 4.31 Å². The molecule has 3 aromatic rings. The molecule has 0 amide bonds. The smallest absolute Gasteiger partial charge is 0.243 e. The lowest BCUT2D eigenvalue weighted by Crippen LogP contribution is -2.40. The first kappa shape index (κ1) is 23.6. The lowest BCUT2D eigenvalue weighted by Gasteiger charge is -2.26. The summed E-state index contributed by atoms with van der Waals surface area (Å²) in [6.45, 7) is 1.85. The van der Waals surface area contributed by atoms with Gasteiger partial charge in [-0.15, -0.1) is 0 Å². The number of rotatable bonds is 7. The van der Waals surface area contributed by atoms with Crippen LogP contribution < -0.4 is 0 Å². The number of aryl methyl sites for hydroxylation is 1. The molecule has 2 aromatic carbocycles. The number of nitrogens with zero attached hydrogens (tertiary/aromatic N) is 1. The van der Waals surface area contributed by atoms with Crippen LogP contribution in [-0.4, -0.2) is 38.7 Å². The second kappa shape index (κ2) is 9.34. The van der Waals surface area contributed by atoms with E-state index in [0.29, 0.717) is 10.9 Å². The fraction of sp³-hybridized carbons (Fsp3) is 0.273. The molecule has 1 aliphatic heterocycles. The summed E-state index contributed by atoms with van der Waals surface area (Å²) in [5.74, 6) is 0.268. The quantitative estimate of drug-likeness (QED) is 0.413. The highest BCUT2D eigenvalue weighted by Gasteiger charge is 2.39. The van der Waals surface area contributed by atoms with Crippen LogP contribution in [-0.2, 0) is 26.4 Å².